The summed E-state index contributed by atoms with van der Waals surface area (Å²) in [6, 6.07) is 18.1. The Labute approximate surface area is 168 Å². The fourth-order valence-corrected chi connectivity index (χ4v) is 2.83. The Kier molecular flexibility index (Phi) is 6.07. The van der Waals surface area contributed by atoms with Gasteiger partial charge in [-0.15, -0.1) is 5.10 Å². The Morgan fingerprint density at radius 3 is 2.66 bits per heavy atom. The maximum Gasteiger partial charge on any atom is 0.218 e. The number of rotatable bonds is 9. The van der Waals surface area contributed by atoms with Crippen LogP contribution in [0.5, 0.6) is 5.75 Å². The van der Waals surface area contributed by atoms with Gasteiger partial charge in [-0.2, -0.15) is 0 Å². The molecular weight excluding hydrogens is 366 g/mol. The first-order chi connectivity index (χ1) is 14.3. The maximum atomic E-state index is 5.81. The first-order valence-corrected chi connectivity index (χ1v) is 9.45. The van der Waals surface area contributed by atoms with Crippen molar-refractivity contribution >= 4 is 12.2 Å². The van der Waals surface area contributed by atoms with Crippen LogP contribution in [0.3, 0.4) is 0 Å². The molecule has 0 spiro atoms. The van der Waals surface area contributed by atoms with Gasteiger partial charge in [0.15, 0.2) is 0 Å². The molecule has 0 amide bonds. The van der Waals surface area contributed by atoms with Crippen molar-refractivity contribution in [3.63, 3.8) is 0 Å². The van der Waals surface area contributed by atoms with E-state index in [2.05, 4.69) is 32.6 Å². The van der Waals surface area contributed by atoms with Crippen LogP contribution < -0.4 is 4.74 Å². The van der Waals surface area contributed by atoms with Gasteiger partial charge in [-0.3, -0.25) is 0 Å². The Hall–Kier alpha value is -3.74. The summed E-state index contributed by atoms with van der Waals surface area (Å²) in [6.07, 6.45) is 9.00. The van der Waals surface area contributed by atoms with Crippen LogP contribution in [0.15, 0.2) is 71.6 Å². The van der Waals surface area contributed by atoms with E-state index in [4.69, 9.17) is 9.15 Å². The third-order valence-electron chi connectivity index (χ3n) is 4.34. The number of aromatic nitrogens is 5. The molecule has 2 heterocycles. The molecule has 146 valence electrons. The smallest absolute Gasteiger partial charge is 0.218 e. The summed E-state index contributed by atoms with van der Waals surface area (Å²) in [4.78, 5) is 4.43. The predicted molar refractivity (Wildman–Crippen MR) is 109 cm³/mol. The molecule has 0 saturated carbocycles. The van der Waals surface area contributed by atoms with Gasteiger partial charge < -0.3 is 9.15 Å². The summed E-state index contributed by atoms with van der Waals surface area (Å²) in [5.41, 5.74) is 3.10. The highest BCUT2D eigenvalue weighted by atomic mass is 16.5. The van der Waals surface area contributed by atoms with Gasteiger partial charge in [-0.1, -0.05) is 42.5 Å². The van der Waals surface area contributed by atoms with Crippen molar-refractivity contribution in [1.29, 1.82) is 0 Å². The van der Waals surface area contributed by atoms with Crippen molar-refractivity contribution in [2.24, 2.45) is 0 Å². The normalized spacial score (nSPS) is 11.2. The van der Waals surface area contributed by atoms with Crippen LogP contribution in [0.1, 0.15) is 29.1 Å². The average Bonchev–Trinajstić information content (AvgIpc) is 3.45. The van der Waals surface area contributed by atoms with E-state index in [0.29, 0.717) is 12.5 Å². The van der Waals surface area contributed by atoms with Gasteiger partial charge in [0.1, 0.15) is 30.6 Å². The topological polar surface area (TPSA) is 78.9 Å². The lowest BCUT2D eigenvalue weighted by molar-refractivity contribution is 0.301. The summed E-state index contributed by atoms with van der Waals surface area (Å²) in [7, 11) is 0. The molecule has 0 aliphatic rings. The molecule has 0 unspecified atom stereocenters. The minimum Gasteiger partial charge on any atom is -0.487 e. The van der Waals surface area contributed by atoms with Gasteiger partial charge in [-0.25, -0.2) is 9.67 Å². The number of ether oxygens (including phenoxy) is 1. The first kappa shape index (κ1) is 18.6. The highest BCUT2D eigenvalue weighted by Gasteiger charge is 2.03. The molecule has 29 heavy (non-hydrogen) atoms. The highest BCUT2D eigenvalue weighted by molar-refractivity contribution is 5.65. The molecule has 2 aromatic carbocycles. The number of aryl methyl sites for hydroxylation is 2. The summed E-state index contributed by atoms with van der Waals surface area (Å²) in [6.45, 7) is 1.17. The van der Waals surface area contributed by atoms with Gasteiger partial charge in [0.05, 0.1) is 0 Å². The number of hydrogen-bond donors (Lipinski definition) is 0. The molecule has 0 bridgehead atoms. The number of hydrogen-bond acceptors (Lipinski definition) is 6. The average molecular weight is 387 g/mol. The zero-order valence-corrected chi connectivity index (χ0v) is 15.9. The zero-order chi connectivity index (χ0) is 19.7. The van der Waals surface area contributed by atoms with E-state index >= 15 is 0 Å². The van der Waals surface area contributed by atoms with Crippen molar-refractivity contribution in [2.75, 3.05) is 0 Å². The second kappa shape index (κ2) is 9.45. The number of oxazole rings is 1. The standard InChI is InChI=1S/C22H21N5O2/c1-2-5-18(6-3-1)10-13-22-24-20(16-29-22)15-28-21-11-8-19(9-12-21)7-4-14-27-17-23-25-26-27/h1-3,5-6,8-13,16-17H,4,7,14-15H2. The second-order valence-electron chi connectivity index (χ2n) is 6.53. The molecule has 0 fully saturated rings. The quantitative estimate of drug-likeness (QED) is 0.431. The maximum absolute atomic E-state index is 5.81. The summed E-state index contributed by atoms with van der Waals surface area (Å²) in [5.74, 6) is 1.36. The molecule has 4 aromatic rings. The van der Waals surface area contributed by atoms with E-state index in [9.17, 15) is 0 Å². The van der Waals surface area contributed by atoms with Gasteiger partial charge >= 0.3 is 0 Å². The van der Waals surface area contributed by atoms with Gasteiger partial charge in [0, 0.05) is 12.6 Å². The van der Waals surface area contributed by atoms with Crippen molar-refractivity contribution in [2.45, 2.75) is 26.0 Å². The Balaban J connectivity index is 1.24. The van der Waals surface area contributed by atoms with Crippen LogP contribution in [0.4, 0.5) is 0 Å². The SMILES string of the molecule is C(=Cc1nc(COc2ccc(CCCn3cnnn3)cc2)co1)c1ccccc1. The van der Waals surface area contributed by atoms with Crippen molar-refractivity contribution < 1.29 is 9.15 Å². The molecule has 2 aromatic heterocycles. The monoisotopic (exact) mass is 387 g/mol. The van der Waals surface area contributed by atoms with Crippen LogP contribution in [-0.2, 0) is 19.6 Å². The van der Waals surface area contributed by atoms with Crippen LogP contribution >= 0.6 is 0 Å². The Morgan fingerprint density at radius 2 is 1.86 bits per heavy atom. The number of nitrogens with zero attached hydrogens (tertiary/aromatic N) is 5. The predicted octanol–water partition coefficient (Wildman–Crippen LogP) is 4.04. The highest BCUT2D eigenvalue weighted by Crippen LogP contribution is 2.16. The lowest BCUT2D eigenvalue weighted by Crippen LogP contribution is -2.00. The first-order valence-electron chi connectivity index (χ1n) is 9.45. The molecule has 0 aliphatic carbocycles. The van der Waals surface area contributed by atoms with E-state index in [1.54, 1.807) is 17.3 Å². The van der Waals surface area contributed by atoms with Gasteiger partial charge in [0.25, 0.3) is 0 Å². The molecule has 7 nitrogen and oxygen atoms in total. The van der Waals surface area contributed by atoms with Crippen molar-refractivity contribution in [1.82, 2.24) is 25.2 Å². The largest absolute Gasteiger partial charge is 0.487 e. The van der Waals surface area contributed by atoms with E-state index in [1.165, 1.54) is 5.56 Å². The molecule has 7 heteroatoms. The lowest BCUT2D eigenvalue weighted by Gasteiger charge is -2.06. The third kappa shape index (κ3) is 5.62. The fraction of sp³-hybridized carbons (Fsp3) is 0.182. The molecule has 0 radical (unpaired) electrons. The summed E-state index contributed by atoms with van der Waals surface area (Å²) < 4.78 is 13.0. The molecule has 0 aliphatic heterocycles. The van der Waals surface area contributed by atoms with E-state index in [1.807, 2.05) is 54.6 Å². The molecule has 4 rings (SSSR count). The second-order valence-corrected chi connectivity index (χ2v) is 6.53. The lowest BCUT2D eigenvalue weighted by atomic mass is 10.1. The van der Waals surface area contributed by atoms with Crippen LogP contribution in [-0.4, -0.2) is 25.2 Å². The summed E-state index contributed by atoms with van der Waals surface area (Å²) >= 11 is 0. The van der Waals surface area contributed by atoms with Crippen molar-refractivity contribution in [3.05, 3.63) is 89.9 Å². The van der Waals surface area contributed by atoms with Gasteiger partial charge in [0.2, 0.25) is 5.89 Å². The Bertz CT molecular complexity index is 1020. The number of tetrazole rings is 1. The third-order valence-corrected chi connectivity index (χ3v) is 4.34. The fourth-order valence-electron chi connectivity index (χ4n) is 2.83. The molecule has 0 N–H and O–H groups in total. The molecule has 0 saturated heterocycles. The molecule has 0 atom stereocenters. The summed E-state index contributed by atoms with van der Waals surface area (Å²) in [5, 5.41) is 11.1. The van der Waals surface area contributed by atoms with E-state index in [-0.39, 0.29) is 0 Å². The number of benzene rings is 2. The molecular formula is C22H21N5O2. The zero-order valence-electron chi connectivity index (χ0n) is 15.9. The van der Waals surface area contributed by atoms with Gasteiger partial charge in [-0.05, 0) is 52.6 Å². The van der Waals surface area contributed by atoms with E-state index < -0.39 is 0 Å². The minimum absolute atomic E-state index is 0.362. The van der Waals surface area contributed by atoms with Crippen LogP contribution in [0, 0.1) is 0 Å². The van der Waals surface area contributed by atoms with Crippen molar-refractivity contribution in [3.8, 4) is 5.75 Å². The minimum atomic E-state index is 0.362. The van der Waals surface area contributed by atoms with Crippen LogP contribution in [0.25, 0.3) is 12.2 Å². The van der Waals surface area contributed by atoms with Crippen LogP contribution in [0.2, 0.25) is 0 Å². The van der Waals surface area contributed by atoms with E-state index in [0.717, 1.165) is 36.4 Å². The Morgan fingerprint density at radius 1 is 1.00 bits per heavy atom.